The molecule has 1 heterocycles. The number of benzene rings is 1. The summed E-state index contributed by atoms with van der Waals surface area (Å²) in [6.45, 7) is 0. The third-order valence-electron chi connectivity index (χ3n) is 1.64. The molecule has 0 atom stereocenters. The maximum absolute atomic E-state index is 11.6. The summed E-state index contributed by atoms with van der Waals surface area (Å²) in [5, 5.41) is 3.25. The van der Waals surface area contributed by atoms with Crippen LogP contribution in [0.3, 0.4) is 0 Å². The maximum Gasteiger partial charge on any atom is 0.257 e. The van der Waals surface area contributed by atoms with Crippen LogP contribution in [0.25, 0.3) is 0 Å². The molecule has 0 radical (unpaired) electrons. The number of anilines is 1. The number of carbonyl (C=O) groups is 1. The molecule has 15 heavy (non-hydrogen) atoms. The molecule has 1 aromatic carbocycles. The van der Waals surface area contributed by atoms with Crippen molar-refractivity contribution >= 4 is 43.9 Å². The van der Waals surface area contributed by atoms with Crippen molar-refractivity contribution in [3.05, 3.63) is 39.8 Å². The van der Waals surface area contributed by atoms with Crippen LogP contribution in [0.5, 0.6) is 0 Å². The quantitative estimate of drug-likeness (QED) is 0.661. The van der Waals surface area contributed by atoms with Crippen LogP contribution in [0.4, 0.5) is 5.13 Å². The van der Waals surface area contributed by atoms with Crippen molar-refractivity contribution in [2.24, 2.45) is 0 Å². The molecule has 1 amide bonds. The Kier molecular flexibility index (Phi) is 3.20. The second kappa shape index (κ2) is 4.61. The van der Waals surface area contributed by atoms with Crippen LogP contribution in [0, 0.1) is 3.95 Å². The molecule has 6 heteroatoms. The molecular weight excluding hydrogens is 248 g/mol. The fourth-order valence-corrected chi connectivity index (χ4v) is 2.86. The van der Waals surface area contributed by atoms with Gasteiger partial charge in [-0.15, -0.1) is 0 Å². The number of rotatable bonds is 2. The van der Waals surface area contributed by atoms with Crippen LogP contribution in [0.15, 0.2) is 30.3 Å². The first-order valence-electron chi connectivity index (χ1n) is 4.09. The van der Waals surface area contributed by atoms with Crippen molar-refractivity contribution in [1.82, 2.24) is 4.98 Å². The molecule has 0 aliphatic rings. The Bertz CT molecular complexity index is 517. The molecule has 1 aromatic heterocycles. The van der Waals surface area contributed by atoms with Crippen LogP contribution in [-0.2, 0) is 0 Å². The number of amides is 1. The number of nitrogens with zero attached hydrogens (tertiary/aromatic N) is 1. The molecule has 1 N–H and O–H groups in total. The van der Waals surface area contributed by atoms with E-state index in [0.717, 1.165) is 0 Å². The van der Waals surface area contributed by atoms with Gasteiger partial charge in [0.25, 0.3) is 5.91 Å². The van der Waals surface area contributed by atoms with Gasteiger partial charge >= 0.3 is 0 Å². The van der Waals surface area contributed by atoms with E-state index in [4.69, 9.17) is 12.2 Å². The Morgan fingerprint density at radius 2 is 2.00 bits per heavy atom. The molecule has 2 rings (SSSR count). The lowest BCUT2D eigenvalue weighted by molar-refractivity contribution is 0.102. The fraction of sp³-hybridized carbons (Fsp3) is 0. The highest BCUT2D eigenvalue weighted by atomic mass is 32.9. The van der Waals surface area contributed by atoms with E-state index in [0.29, 0.717) is 14.6 Å². The molecule has 0 aliphatic heterocycles. The van der Waals surface area contributed by atoms with E-state index in [9.17, 15) is 4.79 Å². The molecule has 0 spiro atoms. The molecule has 0 fully saturated rings. The molecular formula is C9H6N2OS3. The zero-order valence-corrected chi connectivity index (χ0v) is 9.92. The lowest BCUT2D eigenvalue weighted by atomic mass is 10.2. The number of aromatic nitrogens is 1. The van der Waals surface area contributed by atoms with Crippen LogP contribution in [0.1, 0.15) is 10.4 Å². The van der Waals surface area contributed by atoms with Gasteiger partial charge in [-0.1, -0.05) is 18.2 Å². The van der Waals surface area contributed by atoms with Gasteiger partial charge in [0.2, 0.25) is 5.13 Å². The summed E-state index contributed by atoms with van der Waals surface area (Å²) in [6, 6.07) is 9.00. The van der Waals surface area contributed by atoms with Crippen molar-refractivity contribution in [2.75, 3.05) is 5.32 Å². The van der Waals surface area contributed by atoms with Gasteiger partial charge in [0.1, 0.15) is 0 Å². The number of hydrogen-bond donors (Lipinski definition) is 1. The van der Waals surface area contributed by atoms with Crippen LogP contribution in [0.2, 0.25) is 0 Å². The van der Waals surface area contributed by atoms with Gasteiger partial charge < -0.3 is 0 Å². The van der Waals surface area contributed by atoms with Crippen molar-refractivity contribution in [2.45, 2.75) is 0 Å². The summed E-state index contributed by atoms with van der Waals surface area (Å²) in [7, 11) is 2.74. The fourth-order valence-electron chi connectivity index (χ4n) is 1.00. The smallest absolute Gasteiger partial charge is 0.257 e. The average molecular weight is 254 g/mol. The summed E-state index contributed by atoms with van der Waals surface area (Å²) in [5.74, 6) is -0.160. The summed E-state index contributed by atoms with van der Waals surface area (Å²) >= 11 is 4.87. The molecule has 3 nitrogen and oxygen atoms in total. The van der Waals surface area contributed by atoms with E-state index in [1.54, 1.807) is 12.1 Å². The molecule has 0 aliphatic carbocycles. The zero-order chi connectivity index (χ0) is 10.7. The van der Waals surface area contributed by atoms with Crippen molar-refractivity contribution in [3.8, 4) is 0 Å². The van der Waals surface area contributed by atoms with E-state index in [1.807, 2.05) is 18.2 Å². The Morgan fingerprint density at radius 3 is 2.60 bits per heavy atom. The molecule has 0 unspecified atom stereocenters. The van der Waals surface area contributed by atoms with Crippen molar-refractivity contribution in [1.29, 1.82) is 0 Å². The van der Waals surface area contributed by atoms with Crippen LogP contribution < -0.4 is 5.32 Å². The van der Waals surface area contributed by atoms with Gasteiger partial charge in [-0.05, 0) is 45.0 Å². The summed E-state index contributed by atoms with van der Waals surface area (Å²) < 4.78 is 0.545. The predicted octanol–water partition coefficient (Wildman–Crippen LogP) is 3.19. The monoisotopic (exact) mass is 254 g/mol. The highest BCUT2D eigenvalue weighted by molar-refractivity contribution is 7.79. The van der Waals surface area contributed by atoms with Gasteiger partial charge in [-0.25, -0.2) is 0 Å². The lowest BCUT2D eigenvalue weighted by Gasteiger charge is -1.99. The van der Waals surface area contributed by atoms with E-state index >= 15 is 0 Å². The first-order chi connectivity index (χ1) is 7.25. The Balaban J connectivity index is 2.14. The van der Waals surface area contributed by atoms with Gasteiger partial charge in [-0.3, -0.25) is 10.1 Å². The second-order valence-corrected chi connectivity index (χ2v) is 5.42. The van der Waals surface area contributed by atoms with Crippen molar-refractivity contribution < 1.29 is 4.79 Å². The molecule has 0 saturated heterocycles. The predicted molar refractivity (Wildman–Crippen MR) is 65.2 cm³/mol. The van der Waals surface area contributed by atoms with E-state index in [-0.39, 0.29) is 5.91 Å². The Labute approximate surface area is 98.8 Å². The van der Waals surface area contributed by atoms with Crippen LogP contribution in [-0.4, -0.2) is 10.9 Å². The summed E-state index contributed by atoms with van der Waals surface area (Å²) in [5.41, 5.74) is 0.614. The van der Waals surface area contributed by atoms with Gasteiger partial charge in [0.15, 0.2) is 3.95 Å². The van der Waals surface area contributed by atoms with E-state index in [1.165, 1.54) is 20.7 Å². The normalized spacial score (nSPS) is 9.87. The number of carbonyl (C=O) groups excluding carboxylic acids is 1. The van der Waals surface area contributed by atoms with E-state index < -0.39 is 0 Å². The third-order valence-corrected chi connectivity index (χ3v) is 4.16. The first kappa shape index (κ1) is 10.4. The SMILES string of the molecule is O=C(Nc1nc(=S)ss1)c1ccccc1. The van der Waals surface area contributed by atoms with Gasteiger partial charge in [-0.2, -0.15) is 4.98 Å². The topological polar surface area (TPSA) is 42.0 Å². The van der Waals surface area contributed by atoms with Gasteiger partial charge in [0, 0.05) is 5.56 Å². The minimum Gasteiger partial charge on any atom is -0.297 e. The Hall–Kier alpha value is -1.11. The molecule has 0 saturated carbocycles. The highest BCUT2D eigenvalue weighted by Gasteiger charge is 2.06. The maximum atomic E-state index is 11.6. The molecule has 76 valence electrons. The largest absolute Gasteiger partial charge is 0.297 e. The second-order valence-electron chi connectivity index (χ2n) is 2.67. The van der Waals surface area contributed by atoms with Crippen LogP contribution >= 0.6 is 32.9 Å². The zero-order valence-electron chi connectivity index (χ0n) is 7.47. The minimum atomic E-state index is -0.160. The lowest BCUT2D eigenvalue weighted by Crippen LogP contribution is -2.11. The molecule has 0 bridgehead atoms. The van der Waals surface area contributed by atoms with Crippen molar-refractivity contribution in [3.63, 3.8) is 0 Å². The van der Waals surface area contributed by atoms with E-state index in [2.05, 4.69) is 10.3 Å². The minimum absolute atomic E-state index is 0.160. The molecule has 2 aromatic rings. The average Bonchev–Trinajstić information content (AvgIpc) is 2.65. The standard InChI is InChI=1S/C9H6N2OS3/c12-7(6-4-2-1-3-5-6)10-8-11-9(13)15-14-8/h1-5H,(H,10,11,12,13). The summed E-state index contributed by atoms with van der Waals surface area (Å²) in [4.78, 5) is 15.6. The Morgan fingerprint density at radius 1 is 1.27 bits per heavy atom. The highest BCUT2D eigenvalue weighted by Crippen LogP contribution is 2.19. The van der Waals surface area contributed by atoms with Gasteiger partial charge in [0.05, 0.1) is 0 Å². The third kappa shape index (κ3) is 2.68. The summed E-state index contributed by atoms with van der Waals surface area (Å²) in [6.07, 6.45) is 0. The first-order valence-corrected chi connectivity index (χ1v) is 6.65. The number of nitrogens with one attached hydrogen (secondary N) is 1. The number of hydrogen-bond acceptors (Lipinski definition) is 5.